The van der Waals surface area contributed by atoms with Crippen LogP contribution in [0.1, 0.15) is 131 Å². The average Bonchev–Trinajstić information content (AvgIpc) is 3.79. The zero-order valence-electron chi connectivity index (χ0n) is 40.0. The van der Waals surface area contributed by atoms with E-state index in [1.54, 1.807) is 0 Å². The quantitative estimate of drug-likeness (QED) is 0.161. The van der Waals surface area contributed by atoms with E-state index in [2.05, 4.69) is 239 Å². The second kappa shape index (κ2) is 14.3. The maximum atomic E-state index is 7.54. The van der Waals surface area contributed by atoms with Gasteiger partial charge < -0.3 is 9.32 Å². The van der Waals surface area contributed by atoms with Crippen molar-refractivity contribution in [2.45, 2.75) is 104 Å². The maximum absolute atomic E-state index is 7.54. The summed E-state index contributed by atoms with van der Waals surface area (Å²) in [5, 5.41) is 0. The largest absolute Gasteiger partial charge is 0.460 e. The SMILES string of the molecule is Cc1cc2c3c(c1)N(c1ccc(C(C)(C)C)cc1-c1ccccc1)c1cc(C(C)(C)c4ccccc4)ccc1B3c1c(oc3c1C(C)(C)c1ccccc1-3)C2c1ccc(C(C)(C)C)cc1. The van der Waals surface area contributed by atoms with E-state index in [1.165, 1.54) is 100 Å². The summed E-state index contributed by atoms with van der Waals surface area (Å²) < 4.78 is 7.54. The number of hydrogen-bond acceptors (Lipinski definition) is 2. The highest BCUT2D eigenvalue weighted by molar-refractivity contribution is 6.99. The molecule has 3 aliphatic rings. The van der Waals surface area contributed by atoms with Gasteiger partial charge in [0.25, 0.3) is 6.71 Å². The maximum Gasteiger partial charge on any atom is 0.252 e. The number of fused-ring (bicyclic) bond motifs is 8. The molecule has 2 aliphatic heterocycles. The van der Waals surface area contributed by atoms with Crippen LogP contribution < -0.4 is 21.3 Å². The fourth-order valence-corrected chi connectivity index (χ4v) is 11.6. The molecule has 1 aromatic heterocycles. The van der Waals surface area contributed by atoms with Crippen molar-refractivity contribution in [3.8, 4) is 22.5 Å². The molecule has 322 valence electrons. The van der Waals surface area contributed by atoms with E-state index in [0.29, 0.717) is 0 Å². The van der Waals surface area contributed by atoms with Crippen LogP contribution in [0.4, 0.5) is 17.1 Å². The lowest BCUT2D eigenvalue weighted by Crippen LogP contribution is -2.63. The topological polar surface area (TPSA) is 16.4 Å². The van der Waals surface area contributed by atoms with E-state index < -0.39 is 0 Å². The minimum Gasteiger partial charge on any atom is -0.460 e. The van der Waals surface area contributed by atoms with Crippen LogP contribution in [0.2, 0.25) is 0 Å². The number of anilines is 3. The van der Waals surface area contributed by atoms with Crippen molar-refractivity contribution < 1.29 is 4.42 Å². The van der Waals surface area contributed by atoms with Gasteiger partial charge >= 0.3 is 0 Å². The predicted molar refractivity (Wildman–Crippen MR) is 276 cm³/mol. The van der Waals surface area contributed by atoms with Crippen molar-refractivity contribution in [2.75, 3.05) is 4.90 Å². The summed E-state index contributed by atoms with van der Waals surface area (Å²) in [6.07, 6.45) is 0. The summed E-state index contributed by atoms with van der Waals surface area (Å²) in [6.45, 7) is 25.7. The standard InChI is InChI=1S/C62H60BNO/c1-38-34-47-53(40-26-28-41(29-27-40)59(2,3)4)58-56(54-57(65-58)45-24-18-19-25-48(45)62(54,10)11)63-49-32-30-44(61(8,9)42-22-16-13-17-23-42)37-51(49)64(52(35-38)55(47)63)50-33-31-43(60(5,6)7)36-46(50)39-20-14-12-15-21-39/h12-37,53H,1-11H3. The Bertz CT molecular complexity index is 3170. The Morgan fingerprint density at radius 2 is 1.17 bits per heavy atom. The first-order valence-electron chi connectivity index (χ1n) is 23.7. The summed E-state index contributed by atoms with van der Waals surface area (Å²) in [7, 11) is 0. The Morgan fingerprint density at radius 3 is 1.86 bits per heavy atom. The molecule has 11 rings (SSSR count). The Balaban J connectivity index is 1.26. The second-order valence-electron chi connectivity index (χ2n) is 22.2. The van der Waals surface area contributed by atoms with Crippen LogP contribution in [-0.4, -0.2) is 6.71 Å². The molecule has 0 saturated carbocycles. The third-order valence-electron chi connectivity index (χ3n) is 15.3. The van der Waals surface area contributed by atoms with Gasteiger partial charge in [0.1, 0.15) is 11.5 Å². The molecule has 0 fully saturated rings. The fourth-order valence-electron chi connectivity index (χ4n) is 11.6. The fraction of sp³-hybridized carbons (Fsp3) is 0.258. The zero-order chi connectivity index (χ0) is 45.4. The molecule has 3 heteroatoms. The highest BCUT2D eigenvalue weighted by Gasteiger charge is 2.52. The molecule has 0 bridgehead atoms. The number of hydrogen-bond donors (Lipinski definition) is 0. The second-order valence-corrected chi connectivity index (χ2v) is 22.2. The Hall–Kier alpha value is -6.32. The Morgan fingerprint density at radius 1 is 0.538 bits per heavy atom. The van der Waals surface area contributed by atoms with Gasteiger partial charge in [-0.2, -0.15) is 0 Å². The zero-order valence-corrected chi connectivity index (χ0v) is 40.0. The van der Waals surface area contributed by atoms with Crippen LogP contribution in [-0.2, 0) is 21.7 Å². The molecule has 1 aliphatic carbocycles. The van der Waals surface area contributed by atoms with Gasteiger partial charge in [-0.3, -0.25) is 0 Å². The van der Waals surface area contributed by atoms with Crippen LogP contribution in [0, 0.1) is 6.92 Å². The Kier molecular flexibility index (Phi) is 9.13. The molecule has 2 nitrogen and oxygen atoms in total. The van der Waals surface area contributed by atoms with Gasteiger partial charge in [-0.15, -0.1) is 0 Å². The molecule has 3 heterocycles. The van der Waals surface area contributed by atoms with Gasteiger partial charge in [-0.1, -0.05) is 203 Å². The van der Waals surface area contributed by atoms with Gasteiger partial charge in [0.2, 0.25) is 0 Å². The number of rotatable bonds is 5. The molecule has 0 N–H and O–H groups in total. The van der Waals surface area contributed by atoms with Crippen LogP contribution in [0.15, 0.2) is 162 Å². The molecule has 65 heavy (non-hydrogen) atoms. The van der Waals surface area contributed by atoms with Crippen LogP contribution >= 0.6 is 0 Å². The molecule has 1 atom stereocenters. The lowest BCUT2D eigenvalue weighted by molar-refractivity contribution is 0.517. The number of aryl methyl sites for hydroxylation is 1. The van der Waals surface area contributed by atoms with Crippen molar-refractivity contribution in [3.05, 3.63) is 214 Å². The minimum atomic E-state index is -0.262. The van der Waals surface area contributed by atoms with E-state index >= 15 is 0 Å². The number of furan rings is 1. The molecule has 0 radical (unpaired) electrons. The third-order valence-corrected chi connectivity index (χ3v) is 15.3. The summed E-state index contributed by atoms with van der Waals surface area (Å²) in [5.41, 5.74) is 22.6. The van der Waals surface area contributed by atoms with Gasteiger partial charge in [-0.05, 0) is 108 Å². The first-order chi connectivity index (χ1) is 30.9. The summed E-state index contributed by atoms with van der Waals surface area (Å²) in [4.78, 5) is 2.64. The van der Waals surface area contributed by atoms with Crippen molar-refractivity contribution in [1.82, 2.24) is 0 Å². The lowest BCUT2D eigenvalue weighted by atomic mass is 9.30. The van der Waals surface area contributed by atoms with E-state index in [9.17, 15) is 0 Å². The number of nitrogens with zero attached hydrogens (tertiary/aromatic N) is 1. The van der Waals surface area contributed by atoms with Gasteiger partial charge in [0.05, 0.1) is 11.6 Å². The normalized spacial score (nSPS) is 15.8. The molecular formula is C62H60BNO. The summed E-state index contributed by atoms with van der Waals surface area (Å²) >= 11 is 0. The molecule has 0 amide bonds. The van der Waals surface area contributed by atoms with Crippen molar-refractivity contribution in [2.24, 2.45) is 0 Å². The predicted octanol–water partition coefficient (Wildman–Crippen LogP) is 14.3. The minimum absolute atomic E-state index is 0.0272. The van der Waals surface area contributed by atoms with E-state index in [1.807, 2.05) is 0 Å². The van der Waals surface area contributed by atoms with E-state index in [0.717, 1.165) is 11.5 Å². The molecule has 8 aromatic rings. The highest BCUT2D eigenvalue weighted by Crippen LogP contribution is 2.54. The third kappa shape index (κ3) is 6.29. The molecular weight excluding hydrogens is 785 g/mol. The lowest BCUT2D eigenvalue weighted by Gasteiger charge is -2.44. The Labute approximate surface area is 387 Å². The average molecular weight is 846 g/mol. The summed E-state index contributed by atoms with van der Waals surface area (Å²) in [6, 6.07) is 60.0. The van der Waals surface area contributed by atoms with Gasteiger partial charge in [0, 0.05) is 38.9 Å². The molecule has 0 saturated heterocycles. The van der Waals surface area contributed by atoms with Gasteiger partial charge in [0.15, 0.2) is 0 Å². The van der Waals surface area contributed by atoms with E-state index in [4.69, 9.17) is 4.42 Å². The molecule has 1 unspecified atom stereocenters. The number of benzene rings is 7. The van der Waals surface area contributed by atoms with Crippen LogP contribution in [0.5, 0.6) is 0 Å². The highest BCUT2D eigenvalue weighted by atomic mass is 16.3. The smallest absolute Gasteiger partial charge is 0.252 e. The van der Waals surface area contributed by atoms with Crippen LogP contribution in [0.3, 0.4) is 0 Å². The molecule has 7 aromatic carbocycles. The first kappa shape index (κ1) is 41.4. The van der Waals surface area contributed by atoms with Crippen molar-refractivity contribution in [1.29, 1.82) is 0 Å². The first-order valence-corrected chi connectivity index (χ1v) is 23.7. The monoisotopic (exact) mass is 845 g/mol. The summed E-state index contributed by atoms with van der Waals surface area (Å²) in [5.74, 6) is 2.03. The van der Waals surface area contributed by atoms with Crippen molar-refractivity contribution in [3.63, 3.8) is 0 Å². The van der Waals surface area contributed by atoms with Gasteiger partial charge in [-0.25, -0.2) is 0 Å². The van der Waals surface area contributed by atoms with Crippen LogP contribution in [0.25, 0.3) is 22.5 Å². The molecule has 0 spiro atoms. The van der Waals surface area contributed by atoms with E-state index in [-0.39, 0.29) is 34.3 Å². The van der Waals surface area contributed by atoms with Crippen molar-refractivity contribution >= 4 is 40.2 Å².